The number of pyridine rings is 1. The molecule has 2 fully saturated rings. The fraction of sp³-hybridized carbons (Fsp3) is 0.529. The lowest BCUT2D eigenvalue weighted by Gasteiger charge is -2.29. The molecule has 1 unspecified atom stereocenters. The molecular weight excluding hydrogens is 480 g/mol. The number of aromatic nitrogens is 1. The van der Waals surface area contributed by atoms with Crippen LogP contribution in [0.5, 0.6) is 0 Å². The molecule has 3 aliphatic rings. The maximum absolute atomic E-state index is 5.58. The highest BCUT2D eigenvalue weighted by Crippen LogP contribution is 2.23. The molecule has 0 aliphatic carbocycles. The van der Waals surface area contributed by atoms with E-state index < -0.39 is 0 Å². The van der Waals surface area contributed by atoms with Crippen LogP contribution in [0.3, 0.4) is 0 Å². The Morgan fingerprint density at radius 2 is 1.77 bits per heavy atom. The molecule has 1 aromatic heterocycles. The van der Waals surface area contributed by atoms with Gasteiger partial charge >= 0.3 is 0 Å². The predicted octanol–water partition coefficient (Wildman–Crippen LogP) is 6.96. The normalized spacial score (nSPS) is 21.1. The Hall–Kier alpha value is -2.76. The molecular formula is C34H46N4O. The summed E-state index contributed by atoms with van der Waals surface area (Å²) >= 11 is 0. The minimum Gasteiger partial charge on any atom is -0.381 e. The van der Waals surface area contributed by atoms with Gasteiger partial charge in [-0.25, -0.2) is 4.98 Å². The quantitative estimate of drug-likeness (QED) is 0.364. The first-order valence-corrected chi connectivity index (χ1v) is 15.2. The standard InChI is InChI=1S/C34H46N4O/c1-38-21-16-30(17-22-38)25-29-6-4-28(5-7-29)8-11-33-12-9-31(15-20-35-33)32-10-13-34(37-26-32)36-19-14-27-3-2-23-39-24-18-27/h4-7,9-10,13,15,20,26-27,30H,2-3,8,11-12,14,16-19,21-25H2,1H3,(H,36,37). The Kier molecular flexibility index (Phi) is 10.4. The first kappa shape index (κ1) is 27.8. The number of ether oxygens (including phenoxy) is 1. The lowest BCUT2D eigenvalue weighted by Crippen LogP contribution is -2.30. The van der Waals surface area contributed by atoms with Crippen LogP contribution in [-0.2, 0) is 17.6 Å². The molecule has 1 N–H and O–H groups in total. The van der Waals surface area contributed by atoms with Gasteiger partial charge in [-0.2, -0.15) is 0 Å². The van der Waals surface area contributed by atoms with Gasteiger partial charge in [0.05, 0.1) is 0 Å². The highest BCUT2D eigenvalue weighted by molar-refractivity contribution is 5.90. The van der Waals surface area contributed by atoms with Crippen LogP contribution >= 0.6 is 0 Å². The number of hydrogen-bond donors (Lipinski definition) is 1. The average molecular weight is 527 g/mol. The number of nitrogens with zero attached hydrogens (tertiary/aromatic N) is 3. The summed E-state index contributed by atoms with van der Waals surface area (Å²) in [5.41, 5.74) is 6.48. The lowest BCUT2D eigenvalue weighted by molar-refractivity contribution is 0.141. The van der Waals surface area contributed by atoms with Crippen molar-refractivity contribution in [2.45, 2.75) is 64.2 Å². The summed E-state index contributed by atoms with van der Waals surface area (Å²) in [5, 5.41) is 3.51. The Bertz CT molecular complexity index is 1100. The highest BCUT2D eigenvalue weighted by Gasteiger charge is 2.17. The maximum atomic E-state index is 5.58. The molecule has 5 rings (SSSR count). The predicted molar refractivity (Wildman–Crippen MR) is 163 cm³/mol. The number of aliphatic imine (C=N–C) groups is 1. The minimum absolute atomic E-state index is 0.767. The first-order valence-electron chi connectivity index (χ1n) is 15.2. The second kappa shape index (κ2) is 14.6. The van der Waals surface area contributed by atoms with E-state index in [9.17, 15) is 0 Å². The number of piperidine rings is 1. The third-order valence-corrected chi connectivity index (χ3v) is 8.68. The van der Waals surface area contributed by atoms with E-state index in [2.05, 4.69) is 70.8 Å². The largest absolute Gasteiger partial charge is 0.381 e. The van der Waals surface area contributed by atoms with E-state index in [0.29, 0.717) is 0 Å². The van der Waals surface area contributed by atoms with Gasteiger partial charge in [0.25, 0.3) is 0 Å². The van der Waals surface area contributed by atoms with Crippen molar-refractivity contribution < 1.29 is 4.74 Å². The zero-order valence-electron chi connectivity index (χ0n) is 23.8. The minimum atomic E-state index is 0.767. The van der Waals surface area contributed by atoms with E-state index in [1.165, 1.54) is 80.4 Å². The van der Waals surface area contributed by atoms with Gasteiger partial charge in [-0.3, -0.25) is 4.99 Å². The number of likely N-dealkylation sites (tertiary alicyclic amines) is 1. The molecule has 0 radical (unpaired) electrons. The Balaban J connectivity index is 1.05. The first-order chi connectivity index (χ1) is 19.2. The van der Waals surface area contributed by atoms with Crippen molar-refractivity contribution in [2.24, 2.45) is 16.8 Å². The Labute approximate surface area is 235 Å². The molecule has 4 heterocycles. The molecule has 208 valence electrons. The van der Waals surface area contributed by atoms with Crippen molar-refractivity contribution in [3.8, 4) is 0 Å². The van der Waals surface area contributed by atoms with Crippen molar-refractivity contribution in [3.05, 3.63) is 77.6 Å². The summed E-state index contributed by atoms with van der Waals surface area (Å²) in [5.74, 6) is 2.56. The molecule has 39 heavy (non-hydrogen) atoms. The van der Waals surface area contributed by atoms with Gasteiger partial charge in [0.1, 0.15) is 5.82 Å². The second-order valence-corrected chi connectivity index (χ2v) is 11.7. The van der Waals surface area contributed by atoms with Crippen LogP contribution in [0.2, 0.25) is 0 Å². The molecule has 3 aliphatic heterocycles. The SMILES string of the molecule is CN1CCC(Cc2ccc(CCC3=NC=CC(c4ccc(NCCC5CCCOCC5)nc4)=CC3)cc2)CC1. The average Bonchev–Trinajstić information content (AvgIpc) is 3.38. The summed E-state index contributed by atoms with van der Waals surface area (Å²) in [6.07, 6.45) is 20.0. The summed E-state index contributed by atoms with van der Waals surface area (Å²) < 4.78 is 5.58. The van der Waals surface area contributed by atoms with Crippen LogP contribution in [0, 0.1) is 11.8 Å². The fourth-order valence-electron chi connectivity index (χ4n) is 6.02. The van der Waals surface area contributed by atoms with Crippen molar-refractivity contribution >= 4 is 17.1 Å². The van der Waals surface area contributed by atoms with Crippen LogP contribution in [0.4, 0.5) is 5.82 Å². The van der Waals surface area contributed by atoms with Crippen molar-refractivity contribution in [1.82, 2.24) is 9.88 Å². The van der Waals surface area contributed by atoms with Gasteiger partial charge in [0.2, 0.25) is 0 Å². The number of aryl methyl sites for hydroxylation is 1. The molecule has 0 spiro atoms. The number of allylic oxidation sites excluding steroid dienone is 3. The van der Waals surface area contributed by atoms with Gasteiger partial charge in [-0.15, -0.1) is 0 Å². The molecule has 0 amide bonds. The van der Waals surface area contributed by atoms with E-state index in [1.807, 2.05) is 12.4 Å². The Morgan fingerprint density at radius 3 is 2.59 bits per heavy atom. The van der Waals surface area contributed by atoms with E-state index in [4.69, 9.17) is 9.73 Å². The van der Waals surface area contributed by atoms with E-state index in [1.54, 1.807) is 0 Å². The third kappa shape index (κ3) is 8.87. The van der Waals surface area contributed by atoms with Crippen molar-refractivity contribution in [3.63, 3.8) is 0 Å². The van der Waals surface area contributed by atoms with Gasteiger partial charge in [0, 0.05) is 44.3 Å². The zero-order chi connectivity index (χ0) is 26.7. The number of benzene rings is 1. The van der Waals surface area contributed by atoms with E-state index >= 15 is 0 Å². The fourth-order valence-corrected chi connectivity index (χ4v) is 6.02. The topological polar surface area (TPSA) is 49.8 Å². The number of hydrogen-bond acceptors (Lipinski definition) is 5. The number of nitrogens with one attached hydrogen (secondary N) is 1. The second-order valence-electron chi connectivity index (χ2n) is 11.7. The van der Waals surface area contributed by atoms with Crippen molar-refractivity contribution in [2.75, 3.05) is 45.2 Å². The Morgan fingerprint density at radius 1 is 0.923 bits per heavy atom. The molecule has 2 saturated heterocycles. The zero-order valence-corrected chi connectivity index (χ0v) is 23.8. The lowest BCUT2D eigenvalue weighted by atomic mass is 9.90. The monoisotopic (exact) mass is 526 g/mol. The molecule has 2 aromatic rings. The molecule has 1 aromatic carbocycles. The summed E-state index contributed by atoms with van der Waals surface area (Å²) in [7, 11) is 2.24. The van der Waals surface area contributed by atoms with Gasteiger partial charge in [-0.05, 0) is 130 Å². The van der Waals surface area contributed by atoms with Crippen LogP contribution in [0.15, 0.2) is 65.9 Å². The molecule has 0 bridgehead atoms. The summed E-state index contributed by atoms with van der Waals surface area (Å²) in [4.78, 5) is 11.9. The third-order valence-electron chi connectivity index (χ3n) is 8.68. The van der Waals surface area contributed by atoms with E-state index in [-0.39, 0.29) is 0 Å². The maximum Gasteiger partial charge on any atom is 0.125 e. The van der Waals surface area contributed by atoms with Crippen LogP contribution in [0.1, 0.15) is 68.1 Å². The number of anilines is 1. The number of rotatable bonds is 10. The van der Waals surface area contributed by atoms with Crippen molar-refractivity contribution in [1.29, 1.82) is 0 Å². The molecule has 5 heteroatoms. The summed E-state index contributed by atoms with van der Waals surface area (Å²) in [6.45, 7) is 5.29. The van der Waals surface area contributed by atoms with Crippen LogP contribution in [0.25, 0.3) is 5.57 Å². The van der Waals surface area contributed by atoms with Crippen LogP contribution < -0.4 is 5.32 Å². The molecule has 1 atom stereocenters. The van der Waals surface area contributed by atoms with Gasteiger partial charge < -0.3 is 15.0 Å². The van der Waals surface area contributed by atoms with Gasteiger partial charge in [-0.1, -0.05) is 30.3 Å². The smallest absolute Gasteiger partial charge is 0.125 e. The molecule has 0 saturated carbocycles. The van der Waals surface area contributed by atoms with Crippen LogP contribution in [-0.4, -0.2) is 55.5 Å². The van der Waals surface area contributed by atoms with Gasteiger partial charge in [0.15, 0.2) is 0 Å². The molecule has 5 nitrogen and oxygen atoms in total. The highest BCUT2D eigenvalue weighted by atomic mass is 16.5. The summed E-state index contributed by atoms with van der Waals surface area (Å²) in [6, 6.07) is 13.6. The van der Waals surface area contributed by atoms with E-state index in [0.717, 1.165) is 62.2 Å².